The number of nitrogens with two attached hydrogens (primary N) is 1. The number of aryl methyl sites for hydroxylation is 1. The maximum atomic E-state index is 5.49. The van der Waals surface area contributed by atoms with Crippen LogP contribution in [0.1, 0.15) is 12.0 Å². The molecule has 0 bridgehead atoms. The molecule has 0 atom stereocenters. The molecule has 0 aliphatic heterocycles. The summed E-state index contributed by atoms with van der Waals surface area (Å²) in [4.78, 5) is 8.01. The summed E-state index contributed by atoms with van der Waals surface area (Å²) in [6.07, 6.45) is 8.62. The van der Waals surface area contributed by atoms with Crippen molar-refractivity contribution in [3.8, 4) is 11.3 Å². The van der Waals surface area contributed by atoms with Gasteiger partial charge in [-0.1, -0.05) is 0 Å². The van der Waals surface area contributed by atoms with E-state index in [1.54, 1.807) is 12.4 Å². The lowest BCUT2D eigenvalue weighted by Gasteiger charge is -2.04. The van der Waals surface area contributed by atoms with Gasteiger partial charge in [-0.2, -0.15) is 0 Å². The maximum absolute atomic E-state index is 5.49. The highest BCUT2D eigenvalue weighted by Crippen LogP contribution is 2.22. The molecule has 2 rings (SSSR count). The number of rotatable bonds is 4. The first-order valence-electron chi connectivity index (χ1n) is 4.93. The maximum Gasteiger partial charge on any atom is 0.181 e. The van der Waals surface area contributed by atoms with Crippen molar-refractivity contribution >= 4 is 0 Å². The molecule has 0 aliphatic carbocycles. The Bertz CT molecular complexity index is 412. The highest BCUT2D eigenvalue weighted by molar-refractivity contribution is 5.60. The van der Waals surface area contributed by atoms with E-state index >= 15 is 0 Å². The molecule has 78 valence electrons. The normalized spacial score (nSPS) is 10.5. The zero-order valence-corrected chi connectivity index (χ0v) is 8.39. The van der Waals surface area contributed by atoms with Crippen molar-refractivity contribution in [3.05, 3.63) is 36.6 Å². The Morgan fingerprint density at radius 3 is 2.93 bits per heavy atom. The minimum absolute atomic E-state index is 0.685. The van der Waals surface area contributed by atoms with E-state index in [-0.39, 0.29) is 0 Å². The third kappa shape index (κ3) is 2.22. The SMILES string of the molecule is NCCCc1cnccc1-c1cnco1. The molecule has 0 unspecified atom stereocenters. The number of hydrogen-bond acceptors (Lipinski definition) is 4. The minimum Gasteiger partial charge on any atom is -0.444 e. The first kappa shape index (κ1) is 9.86. The molecule has 2 aromatic rings. The number of aromatic nitrogens is 2. The zero-order valence-electron chi connectivity index (χ0n) is 8.39. The van der Waals surface area contributed by atoms with Gasteiger partial charge in [-0.3, -0.25) is 4.98 Å². The molecule has 0 saturated carbocycles. The van der Waals surface area contributed by atoms with Gasteiger partial charge in [0, 0.05) is 18.0 Å². The first-order valence-corrected chi connectivity index (χ1v) is 4.93. The molecule has 0 aromatic carbocycles. The van der Waals surface area contributed by atoms with Crippen LogP contribution in [0.2, 0.25) is 0 Å². The Labute approximate surface area is 88.2 Å². The van der Waals surface area contributed by atoms with Crippen LogP contribution in [-0.2, 0) is 6.42 Å². The third-order valence-electron chi connectivity index (χ3n) is 2.25. The number of nitrogens with zero attached hydrogens (tertiary/aromatic N) is 2. The van der Waals surface area contributed by atoms with Crippen LogP contribution in [0, 0.1) is 0 Å². The number of oxazole rings is 1. The molecule has 2 aromatic heterocycles. The lowest BCUT2D eigenvalue weighted by atomic mass is 10.0. The van der Waals surface area contributed by atoms with E-state index in [2.05, 4.69) is 9.97 Å². The van der Waals surface area contributed by atoms with Gasteiger partial charge in [-0.15, -0.1) is 0 Å². The Kier molecular flexibility index (Phi) is 3.09. The molecule has 0 radical (unpaired) electrons. The largest absolute Gasteiger partial charge is 0.444 e. The van der Waals surface area contributed by atoms with Crippen molar-refractivity contribution in [2.75, 3.05) is 6.54 Å². The average molecular weight is 203 g/mol. The van der Waals surface area contributed by atoms with Crippen LogP contribution < -0.4 is 5.73 Å². The van der Waals surface area contributed by atoms with Gasteiger partial charge in [0.1, 0.15) is 0 Å². The second-order valence-electron chi connectivity index (χ2n) is 3.29. The molecular weight excluding hydrogens is 190 g/mol. The molecule has 0 saturated heterocycles. The third-order valence-corrected chi connectivity index (χ3v) is 2.25. The quantitative estimate of drug-likeness (QED) is 0.820. The van der Waals surface area contributed by atoms with Crippen molar-refractivity contribution in [3.63, 3.8) is 0 Å². The summed E-state index contributed by atoms with van der Waals surface area (Å²) >= 11 is 0. The van der Waals surface area contributed by atoms with Gasteiger partial charge in [0.15, 0.2) is 12.2 Å². The summed E-state index contributed by atoms with van der Waals surface area (Å²) in [6.45, 7) is 0.685. The Balaban J connectivity index is 2.30. The van der Waals surface area contributed by atoms with E-state index < -0.39 is 0 Å². The molecule has 2 heterocycles. The van der Waals surface area contributed by atoms with Crippen LogP contribution in [0.5, 0.6) is 0 Å². The molecule has 0 aliphatic rings. The van der Waals surface area contributed by atoms with E-state index in [0.29, 0.717) is 6.54 Å². The fraction of sp³-hybridized carbons (Fsp3) is 0.273. The van der Waals surface area contributed by atoms with Crippen LogP contribution in [0.4, 0.5) is 0 Å². The Hall–Kier alpha value is -1.68. The van der Waals surface area contributed by atoms with Gasteiger partial charge in [0.25, 0.3) is 0 Å². The average Bonchev–Trinajstić information content (AvgIpc) is 2.80. The fourth-order valence-corrected chi connectivity index (χ4v) is 1.51. The van der Waals surface area contributed by atoms with Crippen molar-refractivity contribution in [2.24, 2.45) is 5.73 Å². The summed E-state index contributed by atoms with van der Waals surface area (Å²) in [7, 11) is 0. The van der Waals surface area contributed by atoms with E-state index in [1.807, 2.05) is 12.3 Å². The molecule has 0 spiro atoms. The smallest absolute Gasteiger partial charge is 0.181 e. The molecule has 0 amide bonds. The van der Waals surface area contributed by atoms with Crippen LogP contribution >= 0.6 is 0 Å². The van der Waals surface area contributed by atoms with E-state index in [0.717, 1.165) is 29.7 Å². The Morgan fingerprint density at radius 1 is 1.27 bits per heavy atom. The predicted molar refractivity (Wildman–Crippen MR) is 57.1 cm³/mol. The van der Waals surface area contributed by atoms with E-state index in [9.17, 15) is 0 Å². The van der Waals surface area contributed by atoms with E-state index in [4.69, 9.17) is 10.2 Å². The summed E-state index contributed by atoms with van der Waals surface area (Å²) in [6, 6.07) is 1.94. The van der Waals surface area contributed by atoms with Crippen LogP contribution in [0.25, 0.3) is 11.3 Å². The van der Waals surface area contributed by atoms with Crippen LogP contribution in [-0.4, -0.2) is 16.5 Å². The topological polar surface area (TPSA) is 64.9 Å². The van der Waals surface area contributed by atoms with Gasteiger partial charge in [0.2, 0.25) is 0 Å². The highest BCUT2D eigenvalue weighted by Gasteiger charge is 2.07. The van der Waals surface area contributed by atoms with Gasteiger partial charge in [-0.25, -0.2) is 4.98 Å². The van der Waals surface area contributed by atoms with Crippen molar-refractivity contribution in [2.45, 2.75) is 12.8 Å². The summed E-state index contributed by atoms with van der Waals surface area (Å²) in [5.74, 6) is 0.782. The van der Waals surface area contributed by atoms with Crippen molar-refractivity contribution < 1.29 is 4.42 Å². The van der Waals surface area contributed by atoms with Crippen molar-refractivity contribution in [1.82, 2.24) is 9.97 Å². The molecule has 4 heteroatoms. The van der Waals surface area contributed by atoms with E-state index in [1.165, 1.54) is 6.39 Å². The molecule has 2 N–H and O–H groups in total. The number of pyridine rings is 1. The summed E-state index contributed by atoms with van der Waals surface area (Å²) < 4.78 is 5.27. The second kappa shape index (κ2) is 4.70. The molecule has 15 heavy (non-hydrogen) atoms. The summed E-state index contributed by atoms with van der Waals surface area (Å²) in [5.41, 5.74) is 7.69. The van der Waals surface area contributed by atoms with Crippen LogP contribution in [0.15, 0.2) is 35.5 Å². The molecular formula is C11H13N3O. The first-order chi connectivity index (χ1) is 7.42. The lowest BCUT2D eigenvalue weighted by Crippen LogP contribution is -2.01. The Morgan fingerprint density at radius 2 is 2.20 bits per heavy atom. The monoisotopic (exact) mass is 203 g/mol. The van der Waals surface area contributed by atoms with Crippen molar-refractivity contribution in [1.29, 1.82) is 0 Å². The van der Waals surface area contributed by atoms with Gasteiger partial charge in [0.05, 0.1) is 6.20 Å². The van der Waals surface area contributed by atoms with Gasteiger partial charge >= 0.3 is 0 Å². The molecule has 4 nitrogen and oxygen atoms in total. The highest BCUT2D eigenvalue weighted by atomic mass is 16.3. The molecule has 0 fully saturated rings. The standard InChI is InChI=1S/C11H13N3O/c12-4-1-2-9-6-13-5-3-10(9)11-7-14-8-15-11/h3,5-8H,1-2,4,12H2. The summed E-state index contributed by atoms with van der Waals surface area (Å²) in [5, 5.41) is 0. The van der Waals surface area contributed by atoms with Gasteiger partial charge in [-0.05, 0) is 31.0 Å². The van der Waals surface area contributed by atoms with Gasteiger partial charge < -0.3 is 10.2 Å². The lowest BCUT2D eigenvalue weighted by molar-refractivity contribution is 0.571. The minimum atomic E-state index is 0.685. The number of hydrogen-bond donors (Lipinski definition) is 1. The zero-order chi connectivity index (χ0) is 10.5. The van der Waals surface area contributed by atoms with Crippen LogP contribution in [0.3, 0.4) is 0 Å². The second-order valence-corrected chi connectivity index (χ2v) is 3.29. The predicted octanol–water partition coefficient (Wildman–Crippen LogP) is 1.63. The fourth-order valence-electron chi connectivity index (χ4n) is 1.51.